The van der Waals surface area contributed by atoms with Crippen molar-refractivity contribution in [2.45, 2.75) is 33.7 Å². The van der Waals surface area contributed by atoms with Gasteiger partial charge >= 0.3 is 0 Å². The van der Waals surface area contributed by atoms with Crippen molar-refractivity contribution in [1.29, 1.82) is 0 Å². The Morgan fingerprint density at radius 3 is 1.73 bits per heavy atom. The molecule has 64 valence electrons. The predicted octanol–water partition coefficient (Wildman–Crippen LogP) is 2.18. The van der Waals surface area contributed by atoms with Crippen molar-refractivity contribution in [3.63, 3.8) is 0 Å². The zero-order valence-electron chi connectivity index (χ0n) is 8.02. The standard InChI is InChI=1S/C10H19N/c1-6-7(11)8-9(2,3)10(8,4)5/h6-8H,1,11H2,2-5H3. The minimum atomic E-state index is 0.167. The minimum absolute atomic E-state index is 0.167. The number of nitrogens with two attached hydrogens (primary N) is 1. The molecule has 1 heteroatoms. The summed E-state index contributed by atoms with van der Waals surface area (Å²) < 4.78 is 0. The highest BCUT2D eigenvalue weighted by atomic mass is 14.8. The van der Waals surface area contributed by atoms with Crippen LogP contribution in [-0.4, -0.2) is 6.04 Å². The molecule has 11 heavy (non-hydrogen) atoms. The molecular weight excluding hydrogens is 134 g/mol. The molecular formula is C10H19N. The van der Waals surface area contributed by atoms with Crippen LogP contribution in [-0.2, 0) is 0 Å². The molecule has 1 saturated carbocycles. The van der Waals surface area contributed by atoms with E-state index in [9.17, 15) is 0 Å². The van der Waals surface area contributed by atoms with Gasteiger partial charge in [0, 0.05) is 6.04 Å². The molecule has 1 fully saturated rings. The van der Waals surface area contributed by atoms with Crippen molar-refractivity contribution in [1.82, 2.24) is 0 Å². The molecule has 1 aliphatic carbocycles. The normalized spacial score (nSPS) is 29.5. The van der Waals surface area contributed by atoms with Crippen LogP contribution in [0.1, 0.15) is 27.7 Å². The predicted molar refractivity (Wildman–Crippen MR) is 49.2 cm³/mol. The maximum Gasteiger partial charge on any atom is 0.0260 e. The Morgan fingerprint density at radius 2 is 1.64 bits per heavy atom. The van der Waals surface area contributed by atoms with Crippen molar-refractivity contribution in [2.75, 3.05) is 0 Å². The van der Waals surface area contributed by atoms with Crippen molar-refractivity contribution in [3.8, 4) is 0 Å². The average Bonchev–Trinajstić information content (AvgIpc) is 2.24. The van der Waals surface area contributed by atoms with Crippen LogP contribution in [0.5, 0.6) is 0 Å². The second-order valence-corrected chi connectivity index (χ2v) is 4.73. The van der Waals surface area contributed by atoms with Crippen LogP contribution in [0.4, 0.5) is 0 Å². The third kappa shape index (κ3) is 0.943. The molecule has 2 N–H and O–H groups in total. The second-order valence-electron chi connectivity index (χ2n) is 4.73. The molecule has 0 aliphatic heterocycles. The SMILES string of the molecule is C=CC(N)C1C(C)(C)C1(C)C. The van der Waals surface area contributed by atoms with Crippen LogP contribution in [0, 0.1) is 16.7 Å². The fourth-order valence-electron chi connectivity index (χ4n) is 2.35. The van der Waals surface area contributed by atoms with Crippen LogP contribution >= 0.6 is 0 Å². The van der Waals surface area contributed by atoms with Crippen molar-refractivity contribution < 1.29 is 0 Å². The molecule has 0 spiro atoms. The third-order valence-electron chi connectivity index (χ3n) is 3.79. The molecule has 0 amide bonds. The number of hydrogen-bond donors (Lipinski definition) is 1. The van der Waals surface area contributed by atoms with Gasteiger partial charge in [-0.3, -0.25) is 0 Å². The summed E-state index contributed by atoms with van der Waals surface area (Å²) in [5.74, 6) is 0.604. The lowest BCUT2D eigenvalue weighted by Crippen LogP contribution is -2.22. The van der Waals surface area contributed by atoms with Crippen LogP contribution in [0.3, 0.4) is 0 Å². The zero-order valence-corrected chi connectivity index (χ0v) is 8.02. The Labute approximate surface area is 69.7 Å². The fraction of sp³-hybridized carbons (Fsp3) is 0.800. The zero-order chi connectivity index (χ0) is 8.86. The molecule has 1 nitrogen and oxygen atoms in total. The lowest BCUT2D eigenvalue weighted by Gasteiger charge is -2.06. The van der Waals surface area contributed by atoms with E-state index in [1.807, 2.05) is 6.08 Å². The van der Waals surface area contributed by atoms with Gasteiger partial charge in [0.2, 0.25) is 0 Å². The lowest BCUT2D eigenvalue weighted by atomic mass is 10.0. The van der Waals surface area contributed by atoms with Crippen LogP contribution in [0.25, 0.3) is 0 Å². The van der Waals surface area contributed by atoms with E-state index in [2.05, 4.69) is 34.3 Å². The summed E-state index contributed by atoms with van der Waals surface area (Å²) in [7, 11) is 0. The smallest absolute Gasteiger partial charge is 0.0260 e. The van der Waals surface area contributed by atoms with Gasteiger partial charge in [-0.1, -0.05) is 33.8 Å². The van der Waals surface area contributed by atoms with Crippen molar-refractivity contribution >= 4 is 0 Å². The Bertz CT molecular complexity index is 165. The molecule has 0 bridgehead atoms. The van der Waals surface area contributed by atoms with Gasteiger partial charge < -0.3 is 5.73 Å². The van der Waals surface area contributed by atoms with Gasteiger partial charge in [0.05, 0.1) is 0 Å². The molecule has 0 aromatic heterocycles. The summed E-state index contributed by atoms with van der Waals surface area (Å²) in [4.78, 5) is 0. The van der Waals surface area contributed by atoms with E-state index in [4.69, 9.17) is 5.73 Å². The molecule has 1 rings (SSSR count). The quantitative estimate of drug-likeness (QED) is 0.605. The van der Waals surface area contributed by atoms with Gasteiger partial charge in [-0.25, -0.2) is 0 Å². The second kappa shape index (κ2) is 2.10. The lowest BCUT2D eigenvalue weighted by molar-refractivity contribution is 0.457. The molecule has 0 aromatic carbocycles. The van der Waals surface area contributed by atoms with Crippen molar-refractivity contribution in [2.24, 2.45) is 22.5 Å². The monoisotopic (exact) mass is 153 g/mol. The molecule has 1 aliphatic rings. The number of rotatable bonds is 2. The first-order valence-corrected chi connectivity index (χ1v) is 4.24. The molecule has 1 atom stereocenters. The third-order valence-corrected chi connectivity index (χ3v) is 3.79. The number of hydrogen-bond acceptors (Lipinski definition) is 1. The van der Waals surface area contributed by atoms with Crippen molar-refractivity contribution in [3.05, 3.63) is 12.7 Å². The van der Waals surface area contributed by atoms with Gasteiger partial charge in [-0.15, -0.1) is 6.58 Å². The van der Waals surface area contributed by atoms with E-state index in [1.54, 1.807) is 0 Å². The van der Waals surface area contributed by atoms with E-state index >= 15 is 0 Å². The van der Waals surface area contributed by atoms with Gasteiger partial charge in [0.1, 0.15) is 0 Å². The topological polar surface area (TPSA) is 26.0 Å². The fourth-order valence-corrected chi connectivity index (χ4v) is 2.35. The highest BCUT2D eigenvalue weighted by Crippen LogP contribution is 2.69. The summed E-state index contributed by atoms with van der Waals surface area (Å²) in [6, 6.07) is 0.167. The summed E-state index contributed by atoms with van der Waals surface area (Å²) in [6.45, 7) is 12.8. The largest absolute Gasteiger partial charge is 0.324 e. The first-order valence-electron chi connectivity index (χ1n) is 4.24. The first kappa shape index (κ1) is 8.79. The maximum absolute atomic E-state index is 5.91. The van der Waals surface area contributed by atoms with E-state index in [-0.39, 0.29) is 6.04 Å². The van der Waals surface area contributed by atoms with Crippen LogP contribution in [0.2, 0.25) is 0 Å². The first-order chi connectivity index (χ1) is 4.85. The van der Waals surface area contributed by atoms with E-state index in [1.165, 1.54) is 0 Å². The Hall–Kier alpha value is -0.300. The molecule has 0 aromatic rings. The van der Waals surface area contributed by atoms with Crippen LogP contribution < -0.4 is 5.73 Å². The van der Waals surface area contributed by atoms with Gasteiger partial charge in [0.15, 0.2) is 0 Å². The van der Waals surface area contributed by atoms with Crippen LogP contribution in [0.15, 0.2) is 12.7 Å². The summed E-state index contributed by atoms with van der Waals surface area (Å²) in [6.07, 6.45) is 1.86. The van der Waals surface area contributed by atoms with Gasteiger partial charge in [-0.2, -0.15) is 0 Å². The molecule has 0 saturated heterocycles. The van der Waals surface area contributed by atoms with E-state index in [0.29, 0.717) is 16.7 Å². The Kier molecular flexibility index (Phi) is 1.68. The molecule has 0 radical (unpaired) electrons. The minimum Gasteiger partial charge on any atom is -0.324 e. The molecule has 1 unspecified atom stereocenters. The summed E-state index contributed by atoms with van der Waals surface area (Å²) in [5, 5.41) is 0. The van der Waals surface area contributed by atoms with E-state index < -0.39 is 0 Å². The van der Waals surface area contributed by atoms with Gasteiger partial charge in [0.25, 0.3) is 0 Å². The summed E-state index contributed by atoms with van der Waals surface area (Å²) >= 11 is 0. The molecule has 0 heterocycles. The maximum atomic E-state index is 5.91. The highest BCUT2D eigenvalue weighted by molar-refractivity contribution is 5.18. The average molecular weight is 153 g/mol. The summed E-state index contributed by atoms with van der Waals surface area (Å²) in [5.41, 5.74) is 6.69. The highest BCUT2D eigenvalue weighted by Gasteiger charge is 2.65. The van der Waals surface area contributed by atoms with Gasteiger partial charge in [-0.05, 0) is 16.7 Å². The Balaban J connectivity index is 2.74. The Morgan fingerprint density at radius 1 is 1.27 bits per heavy atom. The van der Waals surface area contributed by atoms with E-state index in [0.717, 1.165) is 0 Å².